The number of carbonyl (C=O) groups is 2. The van der Waals surface area contributed by atoms with Gasteiger partial charge in [0.15, 0.2) is 0 Å². The Hall–Kier alpha value is -1.14. The summed E-state index contributed by atoms with van der Waals surface area (Å²) in [5.74, 6) is -4.89. The molecule has 0 saturated heterocycles. The molecule has 0 rings (SSSR count). The van der Waals surface area contributed by atoms with Gasteiger partial charge in [-0.05, 0) is 12.8 Å². The van der Waals surface area contributed by atoms with Crippen LogP contribution in [0.4, 0.5) is 0 Å². The highest BCUT2D eigenvalue weighted by molar-refractivity contribution is 5.74. The summed E-state index contributed by atoms with van der Waals surface area (Å²) in [6, 6.07) is 0. The molecule has 0 aromatic rings. The van der Waals surface area contributed by atoms with E-state index in [4.69, 9.17) is 20.4 Å². The van der Waals surface area contributed by atoms with Gasteiger partial charge in [0.05, 0.1) is 0 Å². The van der Waals surface area contributed by atoms with E-state index in [2.05, 4.69) is 0 Å². The molecule has 0 aliphatic carbocycles. The Morgan fingerprint density at radius 1 is 0.636 bits per heavy atom. The Labute approximate surface area is 132 Å². The van der Waals surface area contributed by atoms with E-state index in [0.717, 1.165) is 57.8 Å². The van der Waals surface area contributed by atoms with Gasteiger partial charge in [-0.1, -0.05) is 57.8 Å². The molecule has 0 aromatic heterocycles. The van der Waals surface area contributed by atoms with E-state index in [0.29, 0.717) is 6.42 Å². The second kappa shape index (κ2) is 12.4. The van der Waals surface area contributed by atoms with Crippen LogP contribution in [0.15, 0.2) is 0 Å². The van der Waals surface area contributed by atoms with Gasteiger partial charge in [-0.25, -0.2) is 4.79 Å². The maximum atomic E-state index is 10.5. The highest BCUT2D eigenvalue weighted by atomic mass is 16.5. The van der Waals surface area contributed by atoms with E-state index in [1.807, 2.05) is 0 Å². The van der Waals surface area contributed by atoms with Gasteiger partial charge >= 0.3 is 11.9 Å². The Bertz CT molecular complexity index is 314. The summed E-state index contributed by atoms with van der Waals surface area (Å²) in [5.41, 5.74) is 0. The fourth-order valence-electron chi connectivity index (χ4n) is 2.35. The molecule has 6 nitrogen and oxygen atoms in total. The SMILES string of the molecule is O=C(O)CCCCCCCCCCCCCC(O)(O)C(=O)O. The number of hydrogen-bond donors (Lipinski definition) is 4. The average molecular weight is 318 g/mol. The second-order valence-electron chi connectivity index (χ2n) is 5.90. The summed E-state index contributed by atoms with van der Waals surface area (Å²) in [6.07, 6.45) is 11.0. The highest BCUT2D eigenvalue weighted by Crippen LogP contribution is 2.15. The molecule has 0 aliphatic rings. The van der Waals surface area contributed by atoms with Crippen LogP contribution in [0.25, 0.3) is 0 Å². The van der Waals surface area contributed by atoms with Gasteiger partial charge in [-0.2, -0.15) is 0 Å². The third-order valence-electron chi connectivity index (χ3n) is 3.76. The van der Waals surface area contributed by atoms with Crippen molar-refractivity contribution in [3.8, 4) is 0 Å². The van der Waals surface area contributed by atoms with Crippen LogP contribution in [-0.2, 0) is 9.59 Å². The molecule has 0 atom stereocenters. The van der Waals surface area contributed by atoms with E-state index in [-0.39, 0.29) is 12.8 Å². The van der Waals surface area contributed by atoms with Crippen LogP contribution in [0.1, 0.15) is 83.5 Å². The maximum Gasteiger partial charge on any atom is 0.364 e. The molecular formula is C16H30O6. The molecule has 0 aliphatic heterocycles. The molecule has 6 heteroatoms. The largest absolute Gasteiger partial charge is 0.481 e. The monoisotopic (exact) mass is 318 g/mol. The molecule has 22 heavy (non-hydrogen) atoms. The third-order valence-corrected chi connectivity index (χ3v) is 3.76. The average Bonchev–Trinajstić information content (AvgIpc) is 2.43. The first-order valence-electron chi connectivity index (χ1n) is 8.26. The van der Waals surface area contributed by atoms with E-state index in [1.54, 1.807) is 0 Å². The van der Waals surface area contributed by atoms with Crippen LogP contribution in [0.5, 0.6) is 0 Å². The molecular weight excluding hydrogens is 288 g/mol. The van der Waals surface area contributed by atoms with Crippen LogP contribution in [-0.4, -0.2) is 38.2 Å². The lowest BCUT2D eigenvalue weighted by Gasteiger charge is -2.15. The van der Waals surface area contributed by atoms with E-state index >= 15 is 0 Å². The molecule has 0 radical (unpaired) electrons. The quantitative estimate of drug-likeness (QED) is 0.272. The lowest BCUT2D eigenvalue weighted by molar-refractivity contribution is -0.205. The molecule has 4 N–H and O–H groups in total. The van der Waals surface area contributed by atoms with Gasteiger partial charge in [0.1, 0.15) is 0 Å². The Morgan fingerprint density at radius 3 is 1.36 bits per heavy atom. The Balaban J connectivity index is 3.21. The first kappa shape index (κ1) is 20.9. The summed E-state index contributed by atoms with van der Waals surface area (Å²) in [5, 5.41) is 35.2. The lowest BCUT2D eigenvalue weighted by Crippen LogP contribution is -2.37. The van der Waals surface area contributed by atoms with Gasteiger partial charge < -0.3 is 20.4 Å². The van der Waals surface area contributed by atoms with Crippen LogP contribution < -0.4 is 0 Å². The zero-order valence-electron chi connectivity index (χ0n) is 13.3. The number of unbranched alkanes of at least 4 members (excludes halogenated alkanes) is 10. The minimum absolute atomic E-state index is 0.126. The number of aliphatic carboxylic acids is 2. The number of aliphatic hydroxyl groups is 2. The van der Waals surface area contributed by atoms with Crippen molar-refractivity contribution in [1.82, 2.24) is 0 Å². The van der Waals surface area contributed by atoms with E-state index < -0.39 is 17.7 Å². The minimum atomic E-state index is -2.58. The van der Waals surface area contributed by atoms with Crippen LogP contribution in [0.2, 0.25) is 0 Å². The number of carboxylic acids is 2. The third kappa shape index (κ3) is 12.6. The predicted molar refractivity (Wildman–Crippen MR) is 82.5 cm³/mol. The van der Waals surface area contributed by atoms with Gasteiger partial charge in [0, 0.05) is 12.8 Å². The van der Waals surface area contributed by atoms with Crippen molar-refractivity contribution in [2.75, 3.05) is 0 Å². The number of carboxylic acid groups (broad SMARTS) is 2. The molecule has 0 unspecified atom stereocenters. The summed E-state index contributed by atoms with van der Waals surface area (Å²) in [6.45, 7) is 0. The van der Waals surface area contributed by atoms with Crippen LogP contribution >= 0.6 is 0 Å². The number of hydrogen-bond acceptors (Lipinski definition) is 4. The summed E-state index contributed by atoms with van der Waals surface area (Å²) in [7, 11) is 0. The molecule has 0 saturated carbocycles. The fourth-order valence-corrected chi connectivity index (χ4v) is 2.35. The molecule has 0 bridgehead atoms. The van der Waals surface area contributed by atoms with Crippen molar-refractivity contribution in [2.45, 2.75) is 89.3 Å². The van der Waals surface area contributed by atoms with Gasteiger partial charge in [-0.15, -0.1) is 0 Å². The lowest BCUT2D eigenvalue weighted by atomic mass is 10.0. The molecule has 0 spiro atoms. The fraction of sp³-hybridized carbons (Fsp3) is 0.875. The normalized spacial score (nSPS) is 11.5. The van der Waals surface area contributed by atoms with E-state index in [9.17, 15) is 9.59 Å². The van der Waals surface area contributed by atoms with Crippen LogP contribution in [0.3, 0.4) is 0 Å². The predicted octanol–water partition coefficient (Wildman–Crippen LogP) is 2.91. The summed E-state index contributed by atoms with van der Waals surface area (Å²) < 4.78 is 0. The molecule has 0 amide bonds. The van der Waals surface area contributed by atoms with Crippen molar-refractivity contribution in [3.63, 3.8) is 0 Å². The minimum Gasteiger partial charge on any atom is -0.481 e. The summed E-state index contributed by atoms with van der Waals surface area (Å²) in [4.78, 5) is 20.8. The second-order valence-corrected chi connectivity index (χ2v) is 5.90. The topological polar surface area (TPSA) is 115 Å². The van der Waals surface area contributed by atoms with Gasteiger partial charge in [0.25, 0.3) is 5.79 Å². The number of rotatable bonds is 15. The van der Waals surface area contributed by atoms with Gasteiger partial charge in [0.2, 0.25) is 0 Å². The molecule has 0 fully saturated rings. The molecule has 0 aromatic carbocycles. The molecule has 130 valence electrons. The zero-order valence-corrected chi connectivity index (χ0v) is 13.3. The van der Waals surface area contributed by atoms with Crippen molar-refractivity contribution in [3.05, 3.63) is 0 Å². The molecule has 0 heterocycles. The highest BCUT2D eigenvalue weighted by Gasteiger charge is 2.31. The standard InChI is InChI=1S/C16H30O6/c17-14(18)12-10-8-6-4-2-1-3-5-7-9-11-13-16(21,22)15(19)20/h21-22H,1-13H2,(H,17,18)(H,19,20). The van der Waals surface area contributed by atoms with E-state index in [1.165, 1.54) is 6.42 Å². The van der Waals surface area contributed by atoms with Crippen molar-refractivity contribution in [1.29, 1.82) is 0 Å². The van der Waals surface area contributed by atoms with Crippen LogP contribution in [0, 0.1) is 0 Å². The first-order chi connectivity index (χ1) is 10.4. The van der Waals surface area contributed by atoms with Gasteiger partial charge in [-0.3, -0.25) is 4.79 Å². The van der Waals surface area contributed by atoms with Crippen molar-refractivity contribution < 1.29 is 30.0 Å². The first-order valence-corrected chi connectivity index (χ1v) is 8.26. The Morgan fingerprint density at radius 2 is 1.00 bits per heavy atom. The smallest absolute Gasteiger partial charge is 0.364 e. The zero-order chi connectivity index (χ0) is 16.8. The van der Waals surface area contributed by atoms with Crippen molar-refractivity contribution >= 4 is 11.9 Å². The Kier molecular flexibility index (Phi) is 11.8. The van der Waals surface area contributed by atoms with Crippen molar-refractivity contribution in [2.24, 2.45) is 0 Å². The summed E-state index contributed by atoms with van der Waals surface area (Å²) >= 11 is 0. The maximum absolute atomic E-state index is 10.5.